The Morgan fingerprint density at radius 2 is 2.30 bits per heavy atom. The quantitative estimate of drug-likeness (QED) is 0.853. The van der Waals surface area contributed by atoms with Crippen LogP contribution in [-0.2, 0) is 4.79 Å². The third kappa shape index (κ3) is 4.05. The summed E-state index contributed by atoms with van der Waals surface area (Å²) in [6, 6.07) is 1.71. The molecule has 1 atom stereocenters. The molecule has 6 heteroatoms. The standard InChI is InChI=1S/C14H23N3O3/c1-3-12(18)9-17-6-4-11(5-7-17)14(19)15-13-8-10(2)20-16-13/h8,11-12,18H,3-7,9H2,1-2H3,(H,15,16,19)/t12-/m1/s1. The van der Waals surface area contributed by atoms with Crippen LogP contribution in [-0.4, -0.2) is 46.8 Å². The maximum absolute atomic E-state index is 12.1. The number of nitrogens with one attached hydrogen (secondary N) is 1. The van der Waals surface area contributed by atoms with E-state index in [1.807, 2.05) is 6.92 Å². The molecule has 0 saturated carbocycles. The third-order valence-electron chi connectivity index (χ3n) is 3.78. The van der Waals surface area contributed by atoms with E-state index in [9.17, 15) is 9.90 Å². The fourth-order valence-electron chi connectivity index (χ4n) is 2.46. The predicted octanol–water partition coefficient (Wildman–Crippen LogP) is 1.40. The zero-order valence-electron chi connectivity index (χ0n) is 12.1. The van der Waals surface area contributed by atoms with Crippen molar-refractivity contribution in [3.63, 3.8) is 0 Å². The molecule has 0 spiro atoms. The zero-order chi connectivity index (χ0) is 14.5. The van der Waals surface area contributed by atoms with Gasteiger partial charge < -0.3 is 19.8 Å². The molecule has 0 aliphatic carbocycles. The van der Waals surface area contributed by atoms with Gasteiger partial charge in [0.25, 0.3) is 0 Å². The summed E-state index contributed by atoms with van der Waals surface area (Å²) in [5, 5.41) is 16.2. The highest BCUT2D eigenvalue weighted by atomic mass is 16.5. The van der Waals surface area contributed by atoms with Crippen molar-refractivity contribution >= 4 is 11.7 Å². The van der Waals surface area contributed by atoms with Crippen LogP contribution in [0.15, 0.2) is 10.6 Å². The lowest BCUT2D eigenvalue weighted by molar-refractivity contribution is -0.121. The number of aliphatic hydroxyl groups is 1. The SMILES string of the molecule is CC[C@@H](O)CN1CCC(C(=O)Nc2cc(C)on2)CC1. The molecule has 1 saturated heterocycles. The van der Waals surface area contributed by atoms with E-state index >= 15 is 0 Å². The van der Waals surface area contributed by atoms with Crippen LogP contribution in [0.4, 0.5) is 5.82 Å². The number of β-amino-alcohol motifs (C(OH)–C–C–N with tert-alkyl or cyclic N) is 1. The van der Waals surface area contributed by atoms with Crippen LogP contribution in [0.25, 0.3) is 0 Å². The van der Waals surface area contributed by atoms with Gasteiger partial charge >= 0.3 is 0 Å². The molecule has 0 radical (unpaired) electrons. The molecule has 1 aromatic heterocycles. The normalized spacial score (nSPS) is 18.9. The van der Waals surface area contributed by atoms with Crippen LogP contribution in [0.3, 0.4) is 0 Å². The minimum atomic E-state index is -0.265. The Kier molecular flexibility index (Phi) is 5.14. The fraction of sp³-hybridized carbons (Fsp3) is 0.714. The number of amides is 1. The molecule has 1 aromatic rings. The summed E-state index contributed by atoms with van der Waals surface area (Å²) < 4.78 is 4.93. The molecule has 20 heavy (non-hydrogen) atoms. The first-order valence-electron chi connectivity index (χ1n) is 7.23. The van der Waals surface area contributed by atoms with Crippen molar-refractivity contribution in [2.75, 3.05) is 25.0 Å². The van der Waals surface area contributed by atoms with Crippen molar-refractivity contribution in [3.05, 3.63) is 11.8 Å². The molecule has 6 nitrogen and oxygen atoms in total. The van der Waals surface area contributed by atoms with Crippen LogP contribution in [0, 0.1) is 12.8 Å². The number of carbonyl (C=O) groups is 1. The van der Waals surface area contributed by atoms with Crippen molar-refractivity contribution in [1.29, 1.82) is 0 Å². The van der Waals surface area contributed by atoms with Gasteiger partial charge in [0.1, 0.15) is 5.76 Å². The van der Waals surface area contributed by atoms with Crippen LogP contribution in [0.2, 0.25) is 0 Å². The Morgan fingerprint density at radius 3 is 2.85 bits per heavy atom. The largest absolute Gasteiger partial charge is 0.392 e. The van der Waals surface area contributed by atoms with Gasteiger partial charge in [-0.25, -0.2) is 0 Å². The Balaban J connectivity index is 1.77. The number of likely N-dealkylation sites (tertiary alicyclic amines) is 1. The van der Waals surface area contributed by atoms with Crippen molar-refractivity contribution in [2.45, 2.75) is 39.2 Å². The van der Waals surface area contributed by atoms with E-state index in [4.69, 9.17) is 4.52 Å². The first-order chi connectivity index (χ1) is 9.58. The van der Waals surface area contributed by atoms with E-state index < -0.39 is 0 Å². The van der Waals surface area contributed by atoms with Crippen molar-refractivity contribution in [2.24, 2.45) is 5.92 Å². The number of aliphatic hydroxyl groups excluding tert-OH is 1. The fourth-order valence-corrected chi connectivity index (χ4v) is 2.46. The zero-order valence-corrected chi connectivity index (χ0v) is 12.1. The Bertz CT molecular complexity index is 439. The lowest BCUT2D eigenvalue weighted by atomic mass is 9.95. The second-order valence-electron chi connectivity index (χ2n) is 5.45. The van der Waals surface area contributed by atoms with Crippen LogP contribution < -0.4 is 5.32 Å². The monoisotopic (exact) mass is 281 g/mol. The second-order valence-corrected chi connectivity index (χ2v) is 5.45. The second kappa shape index (κ2) is 6.85. The number of hydrogen-bond donors (Lipinski definition) is 2. The molecule has 1 fully saturated rings. The molecular weight excluding hydrogens is 258 g/mol. The van der Waals surface area contributed by atoms with Gasteiger partial charge in [-0.05, 0) is 39.3 Å². The average molecular weight is 281 g/mol. The molecule has 1 amide bonds. The highest BCUT2D eigenvalue weighted by Crippen LogP contribution is 2.19. The van der Waals surface area contributed by atoms with Gasteiger partial charge in [0.05, 0.1) is 6.10 Å². The molecule has 2 rings (SSSR count). The molecule has 1 aliphatic rings. The number of carbonyl (C=O) groups excluding carboxylic acids is 1. The third-order valence-corrected chi connectivity index (χ3v) is 3.78. The number of rotatable bonds is 5. The molecule has 2 N–H and O–H groups in total. The molecule has 2 heterocycles. The average Bonchev–Trinajstić information content (AvgIpc) is 2.84. The van der Waals surface area contributed by atoms with Gasteiger partial charge in [0.15, 0.2) is 5.82 Å². The van der Waals surface area contributed by atoms with E-state index in [0.717, 1.165) is 32.4 Å². The molecule has 0 unspecified atom stereocenters. The van der Waals surface area contributed by atoms with E-state index in [1.165, 1.54) is 0 Å². The van der Waals surface area contributed by atoms with Crippen LogP contribution in [0.5, 0.6) is 0 Å². The first kappa shape index (κ1) is 15.0. The molecule has 1 aliphatic heterocycles. The number of anilines is 1. The van der Waals surface area contributed by atoms with Crippen LogP contribution >= 0.6 is 0 Å². The number of nitrogens with zero attached hydrogens (tertiary/aromatic N) is 2. The summed E-state index contributed by atoms with van der Waals surface area (Å²) in [4.78, 5) is 14.3. The smallest absolute Gasteiger partial charge is 0.228 e. The maximum atomic E-state index is 12.1. The summed E-state index contributed by atoms with van der Waals surface area (Å²) in [5.74, 6) is 1.19. The minimum absolute atomic E-state index is 0.00832. The van der Waals surface area contributed by atoms with E-state index in [0.29, 0.717) is 18.1 Å². The first-order valence-corrected chi connectivity index (χ1v) is 7.23. The van der Waals surface area contributed by atoms with Gasteiger partial charge in [0, 0.05) is 18.5 Å². The number of hydrogen-bond acceptors (Lipinski definition) is 5. The summed E-state index contributed by atoms with van der Waals surface area (Å²) in [6.45, 7) is 6.18. The molecule has 0 aromatic carbocycles. The summed E-state index contributed by atoms with van der Waals surface area (Å²) in [6.07, 6.45) is 2.14. The van der Waals surface area contributed by atoms with Gasteiger partial charge in [-0.1, -0.05) is 12.1 Å². The summed E-state index contributed by atoms with van der Waals surface area (Å²) in [5.41, 5.74) is 0. The van der Waals surface area contributed by atoms with Gasteiger partial charge in [-0.3, -0.25) is 4.79 Å². The summed E-state index contributed by atoms with van der Waals surface area (Å²) >= 11 is 0. The predicted molar refractivity (Wildman–Crippen MR) is 75.3 cm³/mol. The number of piperidine rings is 1. The highest BCUT2D eigenvalue weighted by molar-refractivity contribution is 5.91. The van der Waals surface area contributed by atoms with Gasteiger partial charge in [-0.15, -0.1) is 0 Å². The van der Waals surface area contributed by atoms with E-state index in [1.54, 1.807) is 13.0 Å². The minimum Gasteiger partial charge on any atom is -0.392 e. The van der Waals surface area contributed by atoms with E-state index in [2.05, 4.69) is 15.4 Å². The Hall–Kier alpha value is -1.40. The molecule has 112 valence electrons. The van der Waals surface area contributed by atoms with Gasteiger partial charge in [0.2, 0.25) is 5.91 Å². The molecular formula is C14H23N3O3. The van der Waals surface area contributed by atoms with E-state index in [-0.39, 0.29) is 17.9 Å². The lowest BCUT2D eigenvalue weighted by Crippen LogP contribution is -2.41. The molecule has 0 bridgehead atoms. The Morgan fingerprint density at radius 1 is 1.60 bits per heavy atom. The van der Waals surface area contributed by atoms with Crippen molar-refractivity contribution in [1.82, 2.24) is 10.1 Å². The van der Waals surface area contributed by atoms with Crippen molar-refractivity contribution < 1.29 is 14.4 Å². The highest BCUT2D eigenvalue weighted by Gasteiger charge is 2.26. The van der Waals surface area contributed by atoms with Crippen molar-refractivity contribution in [3.8, 4) is 0 Å². The van der Waals surface area contributed by atoms with Crippen LogP contribution in [0.1, 0.15) is 31.9 Å². The van der Waals surface area contributed by atoms with Gasteiger partial charge in [-0.2, -0.15) is 0 Å². The maximum Gasteiger partial charge on any atom is 0.228 e. The lowest BCUT2D eigenvalue weighted by Gasteiger charge is -2.32. The summed E-state index contributed by atoms with van der Waals surface area (Å²) in [7, 11) is 0. The number of aryl methyl sites for hydroxylation is 1. The Labute approximate surface area is 119 Å². The number of aromatic nitrogens is 1. The topological polar surface area (TPSA) is 78.6 Å².